The zero-order chi connectivity index (χ0) is 23.2. The van der Waals surface area contributed by atoms with Crippen molar-refractivity contribution in [2.24, 2.45) is 0 Å². The summed E-state index contributed by atoms with van der Waals surface area (Å²) in [6.07, 6.45) is -1.30. The zero-order valence-electron chi connectivity index (χ0n) is 18.1. The van der Waals surface area contributed by atoms with Crippen LogP contribution in [-0.4, -0.2) is 66.2 Å². The molecule has 1 unspecified atom stereocenters. The van der Waals surface area contributed by atoms with E-state index in [-0.39, 0.29) is 24.1 Å². The minimum Gasteiger partial charge on any atom is -0.389 e. The molecule has 0 spiro atoms. The topological polar surface area (TPSA) is 53.0 Å². The molecule has 2 heterocycles. The molecule has 1 aromatic heterocycles. The number of rotatable bonds is 8. The minimum absolute atomic E-state index is 0.0509. The van der Waals surface area contributed by atoms with Crippen molar-refractivity contribution >= 4 is 17.2 Å². The molecule has 1 aliphatic heterocycles. The van der Waals surface area contributed by atoms with Crippen molar-refractivity contribution in [2.45, 2.75) is 12.2 Å². The summed E-state index contributed by atoms with van der Waals surface area (Å²) in [5, 5.41) is 12.5. The Morgan fingerprint density at radius 1 is 0.939 bits per heavy atom. The highest BCUT2D eigenvalue weighted by atomic mass is 32.1. The Bertz CT molecular complexity index is 975. The molecule has 4 rings (SSSR count). The number of aliphatic hydroxyl groups is 1. The molecule has 1 aliphatic rings. The van der Waals surface area contributed by atoms with E-state index in [0.29, 0.717) is 32.7 Å². The lowest BCUT2D eigenvalue weighted by Crippen LogP contribution is -2.50. The van der Waals surface area contributed by atoms with Gasteiger partial charge in [-0.3, -0.25) is 9.69 Å². The number of benzene rings is 2. The highest BCUT2D eigenvalue weighted by Crippen LogP contribution is 2.27. The van der Waals surface area contributed by atoms with E-state index in [1.54, 1.807) is 24.3 Å². The van der Waals surface area contributed by atoms with Gasteiger partial charge in [0.1, 0.15) is 17.7 Å². The van der Waals surface area contributed by atoms with Crippen molar-refractivity contribution in [3.8, 4) is 0 Å². The number of carbonyl (C=O) groups is 1. The van der Waals surface area contributed by atoms with Gasteiger partial charge in [-0.25, -0.2) is 8.78 Å². The Balaban J connectivity index is 1.31. The van der Waals surface area contributed by atoms with Crippen LogP contribution in [0.15, 0.2) is 66.0 Å². The van der Waals surface area contributed by atoms with Crippen LogP contribution in [0.5, 0.6) is 0 Å². The molecule has 1 atom stereocenters. The van der Waals surface area contributed by atoms with Crippen molar-refractivity contribution in [3.63, 3.8) is 0 Å². The van der Waals surface area contributed by atoms with Gasteiger partial charge in [0.2, 0.25) is 0 Å². The quantitative estimate of drug-likeness (QED) is 0.540. The lowest BCUT2D eigenvalue weighted by Gasteiger charge is -2.35. The second-order valence-electron chi connectivity index (χ2n) is 8.04. The van der Waals surface area contributed by atoms with Gasteiger partial charge in [0.25, 0.3) is 5.91 Å². The molecule has 2 aromatic carbocycles. The average molecular weight is 473 g/mol. The Morgan fingerprint density at radius 3 is 2.03 bits per heavy atom. The predicted octanol–water partition coefficient (Wildman–Crippen LogP) is 3.95. The average Bonchev–Trinajstić information content (AvgIpc) is 3.36. The van der Waals surface area contributed by atoms with Crippen molar-refractivity contribution < 1.29 is 23.4 Å². The maximum absolute atomic E-state index is 13.4. The van der Waals surface area contributed by atoms with Gasteiger partial charge in [0, 0.05) is 32.7 Å². The second-order valence-corrected chi connectivity index (χ2v) is 8.99. The third-order valence-corrected chi connectivity index (χ3v) is 6.52. The van der Waals surface area contributed by atoms with Crippen molar-refractivity contribution in [3.05, 3.63) is 93.7 Å². The molecule has 0 radical (unpaired) electrons. The summed E-state index contributed by atoms with van der Waals surface area (Å²) < 4.78 is 32.8. The number of aliphatic hydroxyl groups excluding tert-OH is 1. The molecule has 1 N–H and O–H groups in total. The monoisotopic (exact) mass is 472 g/mol. The molecule has 33 heavy (non-hydrogen) atoms. The predicted molar refractivity (Wildman–Crippen MR) is 123 cm³/mol. The zero-order valence-corrected chi connectivity index (χ0v) is 18.9. The fourth-order valence-electron chi connectivity index (χ4n) is 3.91. The second kappa shape index (κ2) is 11.0. The number of halogens is 2. The van der Waals surface area contributed by atoms with Crippen LogP contribution >= 0.6 is 11.3 Å². The van der Waals surface area contributed by atoms with Crippen LogP contribution < -0.4 is 0 Å². The molecular weight excluding hydrogens is 446 g/mol. The molecule has 0 saturated carbocycles. The van der Waals surface area contributed by atoms with Gasteiger partial charge >= 0.3 is 0 Å². The minimum atomic E-state index is -0.743. The lowest BCUT2D eigenvalue weighted by atomic mass is 10.0. The number of hydrogen-bond donors (Lipinski definition) is 1. The number of β-amino-alcohol motifs (C(OH)–C–C–N with tert-alkyl or cyclic N) is 1. The molecule has 1 saturated heterocycles. The van der Waals surface area contributed by atoms with Crippen LogP contribution in [0.3, 0.4) is 0 Å². The lowest BCUT2D eigenvalue weighted by molar-refractivity contribution is -0.0137. The number of hydrogen-bond acceptors (Lipinski definition) is 5. The van der Waals surface area contributed by atoms with Crippen LogP contribution in [0.25, 0.3) is 0 Å². The van der Waals surface area contributed by atoms with E-state index < -0.39 is 12.2 Å². The van der Waals surface area contributed by atoms with Crippen LogP contribution in [-0.2, 0) is 4.74 Å². The smallest absolute Gasteiger partial charge is 0.264 e. The summed E-state index contributed by atoms with van der Waals surface area (Å²) >= 11 is 1.44. The van der Waals surface area contributed by atoms with E-state index in [0.717, 1.165) is 16.0 Å². The Morgan fingerprint density at radius 2 is 1.52 bits per heavy atom. The van der Waals surface area contributed by atoms with Gasteiger partial charge < -0.3 is 14.7 Å². The van der Waals surface area contributed by atoms with Crippen molar-refractivity contribution in [1.29, 1.82) is 0 Å². The molecule has 1 fully saturated rings. The first-order valence-corrected chi connectivity index (χ1v) is 11.7. The number of carbonyl (C=O) groups excluding carboxylic acids is 1. The molecular formula is C25H26F2N2O3S. The van der Waals surface area contributed by atoms with Gasteiger partial charge in [-0.15, -0.1) is 11.3 Å². The van der Waals surface area contributed by atoms with E-state index in [9.17, 15) is 18.7 Å². The van der Waals surface area contributed by atoms with E-state index in [4.69, 9.17) is 4.74 Å². The van der Waals surface area contributed by atoms with Crippen LogP contribution in [0, 0.1) is 11.6 Å². The fraction of sp³-hybridized carbons (Fsp3) is 0.320. The number of piperazine rings is 1. The Labute approximate surface area is 195 Å². The first-order valence-electron chi connectivity index (χ1n) is 10.9. The van der Waals surface area contributed by atoms with Crippen LogP contribution in [0.4, 0.5) is 8.78 Å². The molecule has 3 aromatic rings. The van der Waals surface area contributed by atoms with Crippen molar-refractivity contribution in [2.75, 3.05) is 39.3 Å². The molecule has 0 aliphatic carbocycles. The Hall–Kier alpha value is -2.65. The largest absolute Gasteiger partial charge is 0.389 e. The SMILES string of the molecule is O=C(c1cccs1)N1CCN(CC(O)COC(c2ccc(F)cc2)c2ccc(F)cc2)CC1. The summed E-state index contributed by atoms with van der Waals surface area (Å²) in [6, 6.07) is 15.6. The number of thiophene rings is 1. The van der Waals surface area contributed by atoms with Crippen LogP contribution in [0.2, 0.25) is 0 Å². The molecule has 5 nitrogen and oxygen atoms in total. The third kappa shape index (κ3) is 6.23. The molecule has 8 heteroatoms. The molecule has 1 amide bonds. The number of nitrogens with zero attached hydrogens (tertiary/aromatic N) is 2. The van der Waals surface area contributed by atoms with E-state index in [1.807, 2.05) is 22.4 Å². The number of ether oxygens (including phenoxy) is 1. The summed E-state index contributed by atoms with van der Waals surface area (Å²) in [7, 11) is 0. The Kier molecular flexibility index (Phi) is 7.82. The van der Waals surface area contributed by atoms with Gasteiger partial charge in [0.15, 0.2) is 0 Å². The highest BCUT2D eigenvalue weighted by Gasteiger charge is 2.24. The first-order chi connectivity index (χ1) is 16.0. The fourth-order valence-corrected chi connectivity index (χ4v) is 4.60. The summed E-state index contributed by atoms with van der Waals surface area (Å²) in [5.41, 5.74) is 1.44. The first kappa shape index (κ1) is 23.5. The van der Waals surface area contributed by atoms with Crippen molar-refractivity contribution in [1.82, 2.24) is 9.80 Å². The normalized spacial score (nSPS) is 15.7. The number of amides is 1. The van der Waals surface area contributed by atoms with Gasteiger partial charge in [-0.2, -0.15) is 0 Å². The van der Waals surface area contributed by atoms with Gasteiger partial charge in [-0.05, 0) is 46.8 Å². The summed E-state index contributed by atoms with van der Waals surface area (Å²) in [5.74, 6) is -0.656. The molecule has 174 valence electrons. The maximum atomic E-state index is 13.4. The van der Waals surface area contributed by atoms with E-state index >= 15 is 0 Å². The van der Waals surface area contributed by atoms with E-state index in [2.05, 4.69) is 4.90 Å². The summed E-state index contributed by atoms with van der Waals surface area (Å²) in [4.78, 5) is 17.2. The molecule has 0 bridgehead atoms. The maximum Gasteiger partial charge on any atom is 0.264 e. The third-order valence-electron chi connectivity index (χ3n) is 5.66. The van der Waals surface area contributed by atoms with Gasteiger partial charge in [0.05, 0.1) is 17.6 Å². The standard InChI is InChI=1S/C25H26F2N2O3S/c26-20-7-3-18(4-8-20)24(19-5-9-21(27)10-6-19)32-17-22(30)16-28-11-13-29(14-12-28)25(31)23-2-1-15-33-23/h1-10,15,22,24,30H,11-14,16-17H2. The highest BCUT2D eigenvalue weighted by molar-refractivity contribution is 7.12. The summed E-state index contributed by atoms with van der Waals surface area (Å²) in [6.45, 7) is 3.05. The van der Waals surface area contributed by atoms with Gasteiger partial charge in [-0.1, -0.05) is 30.3 Å². The van der Waals surface area contributed by atoms with E-state index in [1.165, 1.54) is 35.6 Å². The van der Waals surface area contributed by atoms with Crippen LogP contribution in [0.1, 0.15) is 26.9 Å².